The first-order valence-corrected chi connectivity index (χ1v) is 9.33. The van der Waals surface area contributed by atoms with E-state index >= 15 is 0 Å². The molecule has 1 aromatic heterocycles. The first kappa shape index (κ1) is 14.4. The van der Waals surface area contributed by atoms with Crippen LogP contribution in [0.1, 0.15) is 11.1 Å². The molecule has 5 aromatic rings. The Morgan fingerprint density at radius 2 is 1.20 bits per heavy atom. The lowest BCUT2D eigenvalue weighted by Crippen LogP contribution is -1.82. The van der Waals surface area contributed by atoms with Crippen LogP contribution in [0.25, 0.3) is 43.8 Å². The third-order valence-corrected chi connectivity index (χ3v) is 5.74. The van der Waals surface area contributed by atoms with Crippen molar-refractivity contribution in [2.75, 3.05) is 0 Å². The standard InChI is InChI=1S/C24H16S/c1-2-8-20-17(7-1)15-18(21-9-3-4-11-23(20)21)13-14-19-16-25-24-12-6-5-10-22(19)24/h1-16H/b14-13-. The molecule has 0 aliphatic heterocycles. The highest BCUT2D eigenvalue weighted by Crippen LogP contribution is 2.31. The van der Waals surface area contributed by atoms with Crippen molar-refractivity contribution in [2.45, 2.75) is 0 Å². The average molecular weight is 336 g/mol. The van der Waals surface area contributed by atoms with Crippen LogP contribution in [-0.4, -0.2) is 0 Å². The Kier molecular flexibility index (Phi) is 3.39. The molecular weight excluding hydrogens is 320 g/mol. The van der Waals surface area contributed by atoms with Crippen LogP contribution in [0.3, 0.4) is 0 Å². The molecule has 0 atom stereocenters. The molecule has 0 spiro atoms. The SMILES string of the molecule is C(=C/c1cc2ccccc2c2ccccc12)/c1csc2ccccc12. The summed E-state index contributed by atoms with van der Waals surface area (Å²) in [6, 6.07) is 28.2. The summed E-state index contributed by atoms with van der Waals surface area (Å²) < 4.78 is 1.34. The molecule has 0 amide bonds. The van der Waals surface area contributed by atoms with Crippen LogP contribution in [0.5, 0.6) is 0 Å². The van der Waals surface area contributed by atoms with E-state index in [2.05, 4.69) is 96.4 Å². The molecule has 0 radical (unpaired) electrons. The van der Waals surface area contributed by atoms with Gasteiger partial charge in [0.05, 0.1) is 0 Å². The second-order valence-corrected chi connectivity index (χ2v) is 7.16. The summed E-state index contributed by atoms with van der Waals surface area (Å²) in [5, 5.41) is 8.79. The lowest BCUT2D eigenvalue weighted by atomic mass is 9.96. The third kappa shape index (κ3) is 2.45. The zero-order valence-electron chi connectivity index (χ0n) is 13.6. The quantitative estimate of drug-likeness (QED) is 0.295. The molecule has 0 aliphatic rings. The van der Waals surface area contributed by atoms with E-state index in [4.69, 9.17) is 0 Å². The van der Waals surface area contributed by atoms with Crippen molar-refractivity contribution in [1.82, 2.24) is 0 Å². The molecular formula is C24H16S. The van der Waals surface area contributed by atoms with Gasteiger partial charge in [0.25, 0.3) is 0 Å². The maximum Gasteiger partial charge on any atom is 0.0348 e. The maximum absolute atomic E-state index is 2.29. The van der Waals surface area contributed by atoms with Crippen LogP contribution < -0.4 is 0 Å². The summed E-state index contributed by atoms with van der Waals surface area (Å²) in [4.78, 5) is 0. The van der Waals surface area contributed by atoms with E-state index in [-0.39, 0.29) is 0 Å². The molecule has 4 aromatic carbocycles. The van der Waals surface area contributed by atoms with Gasteiger partial charge in [0.2, 0.25) is 0 Å². The van der Waals surface area contributed by atoms with Crippen molar-refractivity contribution in [3.05, 3.63) is 95.4 Å². The first-order valence-electron chi connectivity index (χ1n) is 8.45. The van der Waals surface area contributed by atoms with Crippen LogP contribution in [0, 0.1) is 0 Å². The predicted octanol–water partition coefficient (Wildman–Crippen LogP) is 7.38. The molecule has 1 heterocycles. The minimum Gasteiger partial charge on any atom is -0.143 e. The van der Waals surface area contributed by atoms with Gasteiger partial charge in [-0.1, -0.05) is 78.9 Å². The molecule has 25 heavy (non-hydrogen) atoms. The van der Waals surface area contributed by atoms with Gasteiger partial charge in [0, 0.05) is 4.70 Å². The van der Waals surface area contributed by atoms with E-state index in [1.165, 1.54) is 42.8 Å². The largest absolute Gasteiger partial charge is 0.143 e. The van der Waals surface area contributed by atoms with Crippen LogP contribution in [0.2, 0.25) is 0 Å². The van der Waals surface area contributed by atoms with E-state index in [9.17, 15) is 0 Å². The van der Waals surface area contributed by atoms with Crippen LogP contribution in [0.15, 0.2) is 84.2 Å². The summed E-state index contributed by atoms with van der Waals surface area (Å²) in [5.74, 6) is 0. The van der Waals surface area contributed by atoms with Crippen molar-refractivity contribution in [2.24, 2.45) is 0 Å². The van der Waals surface area contributed by atoms with Crippen molar-refractivity contribution in [1.29, 1.82) is 0 Å². The second-order valence-electron chi connectivity index (χ2n) is 6.25. The molecule has 0 saturated carbocycles. The third-order valence-electron chi connectivity index (χ3n) is 4.75. The first-order chi connectivity index (χ1) is 12.4. The number of fused-ring (bicyclic) bond motifs is 4. The smallest absolute Gasteiger partial charge is 0.0348 e. The lowest BCUT2D eigenvalue weighted by Gasteiger charge is -2.07. The molecule has 5 rings (SSSR count). The van der Waals surface area contributed by atoms with Gasteiger partial charge < -0.3 is 0 Å². The van der Waals surface area contributed by atoms with Gasteiger partial charge >= 0.3 is 0 Å². The number of rotatable bonds is 2. The summed E-state index contributed by atoms with van der Waals surface area (Å²) in [6.07, 6.45) is 4.50. The minimum absolute atomic E-state index is 1.27. The lowest BCUT2D eigenvalue weighted by molar-refractivity contribution is 1.74. The van der Waals surface area contributed by atoms with Gasteiger partial charge in [-0.25, -0.2) is 0 Å². The highest BCUT2D eigenvalue weighted by Gasteiger charge is 2.05. The predicted molar refractivity (Wildman–Crippen MR) is 112 cm³/mol. The zero-order valence-corrected chi connectivity index (χ0v) is 14.5. The molecule has 0 unspecified atom stereocenters. The number of hydrogen-bond acceptors (Lipinski definition) is 1. The Morgan fingerprint density at radius 1 is 0.560 bits per heavy atom. The molecule has 0 aliphatic carbocycles. The van der Waals surface area contributed by atoms with E-state index in [1.807, 2.05) is 0 Å². The molecule has 0 saturated heterocycles. The van der Waals surface area contributed by atoms with Gasteiger partial charge in [0.1, 0.15) is 0 Å². The maximum atomic E-state index is 2.29. The Balaban J connectivity index is 1.71. The summed E-state index contributed by atoms with van der Waals surface area (Å²) in [7, 11) is 0. The minimum atomic E-state index is 1.27. The van der Waals surface area contributed by atoms with Gasteiger partial charge in [-0.3, -0.25) is 0 Å². The fourth-order valence-electron chi connectivity index (χ4n) is 3.53. The van der Waals surface area contributed by atoms with Crippen molar-refractivity contribution >= 4 is 55.1 Å². The Bertz CT molecular complexity index is 1240. The van der Waals surface area contributed by atoms with Crippen LogP contribution in [-0.2, 0) is 0 Å². The van der Waals surface area contributed by atoms with Gasteiger partial charge in [-0.05, 0) is 55.6 Å². The fraction of sp³-hybridized carbons (Fsp3) is 0. The molecule has 0 bridgehead atoms. The summed E-state index contributed by atoms with van der Waals surface area (Å²) in [6.45, 7) is 0. The van der Waals surface area contributed by atoms with E-state index in [0.29, 0.717) is 0 Å². The Hall–Kier alpha value is -2.90. The van der Waals surface area contributed by atoms with Gasteiger partial charge in [-0.15, -0.1) is 11.3 Å². The van der Waals surface area contributed by atoms with Crippen LogP contribution >= 0.6 is 11.3 Å². The molecule has 0 N–H and O–H groups in total. The Morgan fingerprint density at radius 3 is 2.08 bits per heavy atom. The highest BCUT2D eigenvalue weighted by atomic mass is 32.1. The topological polar surface area (TPSA) is 0 Å². The van der Waals surface area contributed by atoms with Crippen molar-refractivity contribution in [3.8, 4) is 0 Å². The fourth-order valence-corrected chi connectivity index (χ4v) is 4.46. The van der Waals surface area contributed by atoms with E-state index in [0.717, 1.165) is 0 Å². The average Bonchev–Trinajstić information content (AvgIpc) is 3.09. The number of thiophene rings is 1. The molecule has 118 valence electrons. The van der Waals surface area contributed by atoms with Gasteiger partial charge in [0.15, 0.2) is 0 Å². The molecule has 0 nitrogen and oxygen atoms in total. The van der Waals surface area contributed by atoms with E-state index < -0.39 is 0 Å². The van der Waals surface area contributed by atoms with E-state index in [1.54, 1.807) is 11.3 Å². The van der Waals surface area contributed by atoms with Gasteiger partial charge in [-0.2, -0.15) is 0 Å². The second kappa shape index (κ2) is 5.87. The monoisotopic (exact) mass is 336 g/mol. The normalized spacial score (nSPS) is 11.8. The Labute approximate surface area is 150 Å². The zero-order chi connectivity index (χ0) is 16.6. The number of hydrogen-bond donors (Lipinski definition) is 0. The molecule has 0 fully saturated rings. The highest BCUT2D eigenvalue weighted by molar-refractivity contribution is 7.17. The van der Waals surface area contributed by atoms with Crippen molar-refractivity contribution < 1.29 is 0 Å². The summed E-state index contributed by atoms with van der Waals surface area (Å²) in [5.41, 5.74) is 2.56. The van der Waals surface area contributed by atoms with Crippen molar-refractivity contribution in [3.63, 3.8) is 0 Å². The molecule has 1 heteroatoms. The van der Waals surface area contributed by atoms with Crippen LogP contribution in [0.4, 0.5) is 0 Å². The number of benzene rings is 4. The summed E-state index contributed by atoms with van der Waals surface area (Å²) >= 11 is 1.80.